The van der Waals surface area contributed by atoms with Gasteiger partial charge in [-0.05, 0) is 18.8 Å². The molecule has 2 amide bonds. The van der Waals surface area contributed by atoms with Gasteiger partial charge in [0.05, 0.1) is 6.61 Å². The maximum Gasteiger partial charge on any atom is 0.329 e. The van der Waals surface area contributed by atoms with Gasteiger partial charge in [-0.25, -0.2) is 4.79 Å². The second-order valence-corrected chi connectivity index (χ2v) is 14.1. The van der Waals surface area contributed by atoms with E-state index in [4.69, 9.17) is 9.84 Å². The lowest BCUT2D eigenvalue weighted by molar-refractivity contribution is -0.163. The quantitative estimate of drug-likeness (QED) is 0.0553. The lowest BCUT2D eigenvalue weighted by atomic mass is 9.99. The van der Waals surface area contributed by atoms with Crippen LogP contribution in [0, 0.1) is 5.92 Å². The predicted octanol–water partition coefficient (Wildman–Crippen LogP) is 11.3. The average Bonchev–Trinajstić information content (AvgIpc) is 3.03. The van der Waals surface area contributed by atoms with Crippen LogP contribution in [0.25, 0.3) is 0 Å². The topological polar surface area (TPSA) is 83.9 Å². The van der Waals surface area contributed by atoms with Crippen molar-refractivity contribution in [2.75, 3.05) is 13.2 Å². The fraction of sp³-hybridized carbons (Fsp3) is 0.925. The molecule has 0 aromatic carbocycles. The fourth-order valence-corrected chi connectivity index (χ4v) is 6.28. The number of carbonyl (C=O) groups is 3. The Kier molecular flexibility index (Phi) is 32.4. The Morgan fingerprint density at radius 2 is 0.804 bits per heavy atom. The Morgan fingerprint density at radius 1 is 0.500 bits per heavy atom. The number of hydrogen-bond donors (Lipinski definition) is 1. The molecule has 0 aliphatic rings. The molecule has 0 fully saturated rings. The van der Waals surface area contributed by atoms with Crippen LogP contribution in [-0.4, -0.2) is 47.0 Å². The molecule has 272 valence electrons. The highest BCUT2D eigenvalue weighted by Gasteiger charge is 2.37. The Morgan fingerprint density at radius 3 is 1.09 bits per heavy atom. The van der Waals surface area contributed by atoms with Crippen LogP contribution in [0.3, 0.4) is 0 Å². The van der Waals surface area contributed by atoms with Crippen molar-refractivity contribution in [3.8, 4) is 0 Å². The normalized spacial score (nSPS) is 12.0. The SMILES string of the molecule is CCCCCCCCCCCCCCCC(=O)N(C(=O)CCCCCCCCCCCCCCC)[C@H](C(=O)OCCCO)C(C)C. The van der Waals surface area contributed by atoms with E-state index in [0.29, 0.717) is 6.42 Å². The molecule has 0 heterocycles. The molecular formula is C40H77NO5. The minimum absolute atomic E-state index is 0.0701. The molecule has 6 heteroatoms. The number of unbranched alkanes of at least 4 members (excludes halogenated alkanes) is 24. The van der Waals surface area contributed by atoms with Crippen LogP contribution < -0.4 is 0 Å². The van der Waals surface area contributed by atoms with Gasteiger partial charge in [-0.15, -0.1) is 0 Å². The van der Waals surface area contributed by atoms with E-state index in [1.165, 1.54) is 133 Å². The molecule has 6 nitrogen and oxygen atoms in total. The zero-order valence-electron chi connectivity index (χ0n) is 31.1. The summed E-state index contributed by atoms with van der Waals surface area (Å²) in [7, 11) is 0. The first-order valence-electron chi connectivity index (χ1n) is 20.0. The molecule has 0 saturated heterocycles. The minimum Gasteiger partial charge on any atom is -0.464 e. The van der Waals surface area contributed by atoms with E-state index in [1.807, 2.05) is 13.8 Å². The van der Waals surface area contributed by atoms with Gasteiger partial charge in [0.2, 0.25) is 11.8 Å². The zero-order chi connectivity index (χ0) is 34.1. The summed E-state index contributed by atoms with van der Waals surface area (Å²) in [6, 6.07) is -0.914. The highest BCUT2D eigenvalue weighted by Crippen LogP contribution is 2.20. The molecule has 1 atom stereocenters. The van der Waals surface area contributed by atoms with Crippen LogP contribution in [0.2, 0.25) is 0 Å². The first-order valence-corrected chi connectivity index (χ1v) is 20.0. The number of imide groups is 1. The highest BCUT2D eigenvalue weighted by atomic mass is 16.5. The summed E-state index contributed by atoms with van der Waals surface area (Å²) in [5.74, 6) is -1.28. The van der Waals surface area contributed by atoms with Crippen LogP contribution in [-0.2, 0) is 19.1 Å². The van der Waals surface area contributed by atoms with E-state index in [1.54, 1.807) is 0 Å². The number of esters is 1. The van der Waals surface area contributed by atoms with Gasteiger partial charge < -0.3 is 9.84 Å². The van der Waals surface area contributed by atoms with Gasteiger partial charge in [0, 0.05) is 25.9 Å². The molecule has 0 saturated carbocycles. The van der Waals surface area contributed by atoms with Crippen molar-refractivity contribution >= 4 is 17.8 Å². The summed E-state index contributed by atoms with van der Waals surface area (Å²) >= 11 is 0. The van der Waals surface area contributed by atoms with Crippen molar-refractivity contribution in [1.29, 1.82) is 0 Å². The molecule has 0 rings (SSSR count). The first kappa shape index (κ1) is 44.6. The van der Waals surface area contributed by atoms with Crippen LogP contribution in [0.5, 0.6) is 0 Å². The summed E-state index contributed by atoms with van der Waals surface area (Å²) in [4.78, 5) is 41.2. The lowest BCUT2D eigenvalue weighted by Gasteiger charge is -2.31. The molecule has 0 aliphatic heterocycles. The van der Waals surface area contributed by atoms with Crippen molar-refractivity contribution in [3.05, 3.63) is 0 Å². The monoisotopic (exact) mass is 652 g/mol. The number of aliphatic hydroxyl groups is 1. The summed E-state index contributed by atoms with van der Waals surface area (Å²) in [6.45, 7) is 8.26. The van der Waals surface area contributed by atoms with Crippen LogP contribution in [0.4, 0.5) is 0 Å². The lowest BCUT2D eigenvalue weighted by Crippen LogP contribution is -2.52. The van der Waals surface area contributed by atoms with Gasteiger partial charge in [0.15, 0.2) is 0 Å². The van der Waals surface area contributed by atoms with Crippen LogP contribution in [0.15, 0.2) is 0 Å². The van der Waals surface area contributed by atoms with Crippen molar-refractivity contribution < 1.29 is 24.2 Å². The number of nitrogens with zero attached hydrogens (tertiary/aromatic N) is 1. The van der Waals surface area contributed by atoms with Crippen molar-refractivity contribution in [3.63, 3.8) is 0 Å². The van der Waals surface area contributed by atoms with Gasteiger partial charge in [-0.2, -0.15) is 0 Å². The summed E-state index contributed by atoms with van der Waals surface area (Å²) < 4.78 is 5.39. The smallest absolute Gasteiger partial charge is 0.329 e. The van der Waals surface area contributed by atoms with E-state index >= 15 is 0 Å². The molecule has 0 spiro atoms. The van der Waals surface area contributed by atoms with Gasteiger partial charge in [-0.1, -0.05) is 182 Å². The summed E-state index contributed by atoms with van der Waals surface area (Å²) in [5.41, 5.74) is 0. The molecule has 1 N–H and O–H groups in total. The number of aliphatic hydroxyl groups excluding tert-OH is 1. The average molecular weight is 652 g/mol. The molecule has 0 aromatic rings. The molecule has 0 bridgehead atoms. The van der Waals surface area contributed by atoms with E-state index in [2.05, 4.69) is 13.8 Å². The van der Waals surface area contributed by atoms with Crippen LogP contribution >= 0.6 is 0 Å². The van der Waals surface area contributed by atoms with E-state index in [9.17, 15) is 14.4 Å². The second-order valence-electron chi connectivity index (χ2n) is 14.1. The molecule has 0 radical (unpaired) electrons. The molecule has 0 unspecified atom stereocenters. The molecule has 0 aromatic heterocycles. The maximum absolute atomic E-state index is 13.5. The van der Waals surface area contributed by atoms with Crippen molar-refractivity contribution in [2.24, 2.45) is 5.92 Å². The number of ether oxygens (including phenoxy) is 1. The third-order valence-corrected chi connectivity index (χ3v) is 9.22. The van der Waals surface area contributed by atoms with Crippen molar-refractivity contribution in [1.82, 2.24) is 4.90 Å². The first-order chi connectivity index (χ1) is 22.4. The molecule has 46 heavy (non-hydrogen) atoms. The number of carbonyl (C=O) groups excluding carboxylic acids is 3. The number of rotatable bonds is 34. The zero-order valence-corrected chi connectivity index (χ0v) is 31.1. The van der Waals surface area contributed by atoms with Gasteiger partial charge in [-0.3, -0.25) is 14.5 Å². The number of hydrogen-bond acceptors (Lipinski definition) is 5. The minimum atomic E-state index is -0.914. The number of amides is 2. The van der Waals surface area contributed by atoms with E-state index in [-0.39, 0.29) is 43.8 Å². The largest absolute Gasteiger partial charge is 0.464 e. The van der Waals surface area contributed by atoms with Gasteiger partial charge in [0.25, 0.3) is 0 Å². The second kappa shape index (κ2) is 33.5. The predicted molar refractivity (Wildman–Crippen MR) is 194 cm³/mol. The molecular weight excluding hydrogens is 574 g/mol. The summed E-state index contributed by atoms with van der Waals surface area (Å²) in [6.07, 6.45) is 32.9. The van der Waals surface area contributed by atoms with Gasteiger partial charge >= 0.3 is 5.97 Å². The van der Waals surface area contributed by atoms with Gasteiger partial charge in [0.1, 0.15) is 6.04 Å². The van der Waals surface area contributed by atoms with Crippen molar-refractivity contribution in [2.45, 2.75) is 220 Å². The third-order valence-electron chi connectivity index (χ3n) is 9.22. The third kappa shape index (κ3) is 25.6. The Labute approximate surface area is 285 Å². The van der Waals surface area contributed by atoms with E-state index in [0.717, 1.165) is 38.5 Å². The van der Waals surface area contributed by atoms with Crippen LogP contribution in [0.1, 0.15) is 214 Å². The highest BCUT2D eigenvalue weighted by molar-refractivity contribution is 5.99. The Bertz CT molecular complexity index is 668. The summed E-state index contributed by atoms with van der Waals surface area (Å²) in [5, 5.41) is 9.10. The Hall–Kier alpha value is -1.43. The standard InChI is InChI=1S/C40H77NO5/c1-5-7-9-11-13-15-17-19-21-23-25-27-29-32-37(43)41(39(36(3)4)40(45)46-35-31-34-42)38(44)33-30-28-26-24-22-20-18-16-14-12-10-8-6-2/h36,39,42H,5-35H2,1-4H3/t39-/m0/s1. The maximum atomic E-state index is 13.5. The fourth-order valence-electron chi connectivity index (χ4n) is 6.28. The Balaban J connectivity index is 4.58. The van der Waals surface area contributed by atoms with E-state index < -0.39 is 12.0 Å². The molecule has 0 aliphatic carbocycles.